The molecule has 5 rings (SSSR count). The Morgan fingerprint density at radius 1 is 1.08 bits per heavy atom. The van der Waals surface area contributed by atoms with Gasteiger partial charge >= 0.3 is 12.1 Å². The molecule has 1 saturated heterocycles. The molecule has 0 radical (unpaired) electrons. The van der Waals surface area contributed by atoms with Crippen molar-refractivity contribution >= 4 is 35.1 Å². The van der Waals surface area contributed by atoms with E-state index in [-0.39, 0.29) is 37.1 Å². The molecule has 2 aromatic rings. The minimum Gasteiger partial charge on any atom is -0.481 e. The van der Waals surface area contributed by atoms with Crippen molar-refractivity contribution in [2.75, 3.05) is 6.54 Å². The first kappa shape index (κ1) is 28.2. The first-order valence-electron chi connectivity index (χ1n) is 13.3. The number of carboxylic acids is 1. The number of amides is 1. The molecule has 0 unspecified atom stereocenters. The molecule has 1 spiro atoms. The van der Waals surface area contributed by atoms with Crippen LogP contribution in [-0.2, 0) is 17.4 Å². The van der Waals surface area contributed by atoms with Gasteiger partial charge in [-0.05, 0) is 69.3 Å². The average Bonchev–Trinajstić information content (AvgIpc) is 3.60. The molecule has 212 valence electrons. The van der Waals surface area contributed by atoms with Crippen molar-refractivity contribution in [3.05, 3.63) is 45.5 Å². The second-order valence-electron chi connectivity index (χ2n) is 11.7. The van der Waals surface area contributed by atoms with E-state index in [9.17, 15) is 27.9 Å². The summed E-state index contributed by atoms with van der Waals surface area (Å²) in [5, 5.41) is 14.3. The molecule has 3 heterocycles. The molecule has 0 bridgehead atoms. The highest BCUT2D eigenvalue weighted by Crippen LogP contribution is 2.50. The third-order valence-electron chi connectivity index (χ3n) is 9.15. The molecule has 2 aromatic heterocycles. The lowest BCUT2D eigenvalue weighted by atomic mass is 9.74. The Morgan fingerprint density at radius 3 is 2.26 bits per heavy atom. The number of aliphatic carboxylic acids is 1. The van der Waals surface area contributed by atoms with Gasteiger partial charge in [0.05, 0.1) is 33.3 Å². The van der Waals surface area contributed by atoms with Crippen molar-refractivity contribution in [2.45, 2.75) is 89.4 Å². The fourth-order valence-electron chi connectivity index (χ4n) is 6.87. The monoisotopic (exact) mass is 586 g/mol. The highest BCUT2D eigenvalue weighted by atomic mass is 35.5. The number of hydrogen-bond acceptors (Lipinski definition) is 4. The standard InChI is InChI=1S/C27H31Cl2F3N4O3/c1-25(24(38)39)8-4-16(5-9-25)36-22(27(30,31)32)19(12-34-36)23(37)35-15-26(6-2-3-7-26)11-17(35)10-18-20(28)13-33-14-21(18)29/h12-14,16-17H,2-11,15H2,1H3,(H,38,39)/t16?,17-,25?/m0/s1. The van der Waals surface area contributed by atoms with E-state index in [0.29, 0.717) is 35.0 Å². The first-order valence-corrected chi connectivity index (χ1v) is 14.1. The number of pyridine rings is 1. The summed E-state index contributed by atoms with van der Waals surface area (Å²) in [4.78, 5) is 31.1. The number of carbonyl (C=O) groups is 2. The zero-order valence-corrected chi connectivity index (χ0v) is 23.1. The highest BCUT2D eigenvalue weighted by Gasteiger charge is 2.50. The van der Waals surface area contributed by atoms with E-state index < -0.39 is 40.8 Å². The van der Waals surface area contributed by atoms with E-state index in [1.165, 1.54) is 12.4 Å². The van der Waals surface area contributed by atoms with Gasteiger partial charge in [0.15, 0.2) is 5.69 Å². The van der Waals surface area contributed by atoms with Gasteiger partial charge in [-0.2, -0.15) is 18.3 Å². The van der Waals surface area contributed by atoms with Crippen molar-refractivity contribution in [2.24, 2.45) is 10.8 Å². The predicted octanol–water partition coefficient (Wildman–Crippen LogP) is 6.83. The number of carbonyl (C=O) groups excluding carboxylic acids is 1. The number of likely N-dealkylation sites (tertiary alicyclic amines) is 1. The molecule has 2 saturated carbocycles. The van der Waals surface area contributed by atoms with Crippen LogP contribution in [0.1, 0.15) is 92.4 Å². The van der Waals surface area contributed by atoms with Gasteiger partial charge in [0.2, 0.25) is 0 Å². The molecule has 3 fully saturated rings. The van der Waals surface area contributed by atoms with Crippen molar-refractivity contribution in [1.82, 2.24) is 19.7 Å². The Labute approximate surface area is 234 Å². The maximum atomic E-state index is 14.5. The summed E-state index contributed by atoms with van der Waals surface area (Å²) in [5.74, 6) is -1.65. The lowest BCUT2D eigenvalue weighted by molar-refractivity contribution is -0.152. The number of hydrogen-bond donors (Lipinski definition) is 1. The first-order chi connectivity index (χ1) is 18.3. The summed E-state index contributed by atoms with van der Waals surface area (Å²) in [6.45, 7) is 1.99. The Bertz CT molecular complexity index is 1250. The summed E-state index contributed by atoms with van der Waals surface area (Å²) in [6.07, 6.45) is 4.96. The van der Waals surface area contributed by atoms with E-state index in [2.05, 4.69) is 10.1 Å². The van der Waals surface area contributed by atoms with Gasteiger partial charge in [-0.25, -0.2) is 0 Å². The highest BCUT2D eigenvalue weighted by molar-refractivity contribution is 6.35. The van der Waals surface area contributed by atoms with Crippen LogP contribution in [0, 0.1) is 10.8 Å². The van der Waals surface area contributed by atoms with Gasteiger partial charge in [0, 0.05) is 25.0 Å². The maximum Gasteiger partial charge on any atom is 0.433 e. The average molecular weight is 587 g/mol. The largest absolute Gasteiger partial charge is 0.481 e. The fourth-order valence-corrected chi connectivity index (χ4v) is 7.39. The van der Waals surface area contributed by atoms with Crippen LogP contribution in [0.5, 0.6) is 0 Å². The summed E-state index contributed by atoms with van der Waals surface area (Å²) in [5.41, 5.74) is -2.02. The van der Waals surface area contributed by atoms with Gasteiger partial charge in [0.1, 0.15) is 0 Å². The van der Waals surface area contributed by atoms with Crippen LogP contribution < -0.4 is 0 Å². The summed E-state index contributed by atoms with van der Waals surface area (Å²) in [6, 6.07) is -1.01. The van der Waals surface area contributed by atoms with E-state index in [0.717, 1.165) is 36.6 Å². The molecule has 1 amide bonds. The Balaban J connectivity index is 1.47. The zero-order chi connectivity index (χ0) is 28.2. The van der Waals surface area contributed by atoms with Crippen LogP contribution >= 0.6 is 23.2 Å². The number of rotatable bonds is 5. The third-order valence-corrected chi connectivity index (χ3v) is 9.80. The Kier molecular flexibility index (Phi) is 7.41. The molecule has 12 heteroatoms. The number of halogens is 5. The quantitative estimate of drug-likeness (QED) is 0.415. The van der Waals surface area contributed by atoms with Crippen LogP contribution in [0.15, 0.2) is 18.6 Å². The van der Waals surface area contributed by atoms with Gasteiger partial charge in [-0.1, -0.05) is 36.0 Å². The summed E-state index contributed by atoms with van der Waals surface area (Å²) < 4.78 is 44.4. The van der Waals surface area contributed by atoms with Crippen molar-refractivity contribution in [3.63, 3.8) is 0 Å². The normalized spacial score (nSPS) is 26.9. The van der Waals surface area contributed by atoms with Gasteiger partial charge in [-0.3, -0.25) is 19.3 Å². The van der Waals surface area contributed by atoms with Crippen LogP contribution in [0.3, 0.4) is 0 Å². The fraction of sp³-hybridized carbons (Fsp3) is 0.630. The second kappa shape index (κ2) is 10.3. The van der Waals surface area contributed by atoms with Crippen LogP contribution in [-0.4, -0.2) is 49.2 Å². The molecular weight excluding hydrogens is 556 g/mol. The van der Waals surface area contributed by atoms with E-state index >= 15 is 0 Å². The van der Waals surface area contributed by atoms with E-state index in [1.54, 1.807) is 11.8 Å². The molecule has 39 heavy (non-hydrogen) atoms. The lowest BCUT2D eigenvalue weighted by Crippen LogP contribution is -2.39. The predicted molar refractivity (Wildman–Crippen MR) is 139 cm³/mol. The Hall–Kier alpha value is -2.33. The molecule has 1 aliphatic heterocycles. The third kappa shape index (κ3) is 5.26. The lowest BCUT2D eigenvalue weighted by Gasteiger charge is -2.34. The van der Waals surface area contributed by atoms with Crippen molar-refractivity contribution in [1.29, 1.82) is 0 Å². The second-order valence-corrected chi connectivity index (χ2v) is 12.5. The molecule has 2 aliphatic carbocycles. The molecule has 3 aliphatic rings. The minimum absolute atomic E-state index is 0.134. The molecule has 1 atom stereocenters. The zero-order valence-electron chi connectivity index (χ0n) is 21.6. The molecule has 0 aromatic carbocycles. The van der Waals surface area contributed by atoms with Crippen molar-refractivity contribution in [3.8, 4) is 0 Å². The Morgan fingerprint density at radius 2 is 1.69 bits per heavy atom. The summed E-state index contributed by atoms with van der Waals surface area (Å²) in [7, 11) is 0. The van der Waals surface area contributed by atoms with Gasteiger partial charge < -0.3 is 10.0 Å². The molecule has 7 nitrogen and oxygen atoms in total. The maximum absolute atomic E-state index is 14.5. The van der Waals surface area contributed by atoms with E-state index in [1.807, 2.05) is 0 Å². The number of aromatic nitrogens is 3. The van der Waals surface area contributed by atoms with E-state index in [4.69, 9.17) is 23.2 Å². The molecular formula is C27H31Cl2F3N4O3. The minimum atomic E-state index is -4.81. The SMILES string of the molecule is CC1(C(=O)O)CCC(n2ncc(C(=O)N3CC4(CCCC4)C[C@@H]3Cc3c(Cl)cncc3Cl)c2C(F)(F)F)CC1. The number of carboxylic acid groups (broad SMARTS) is 1. The summed E-state index contributed by atoms with van der Waals surface area (Å²) >= 11 is 12.7. The number of alkyl halides is 3. The molecule has 1 N–H and O–H groups in total. The van der Waals surface area contributed by atoms with Crippen LogP contribution in [0.25, 0.3) is 0 Å². The topological polar surface area (TPSA) is 88.3 Å². The smallest absolute Gasteiger partial charge is 0.433 e. The van der Waals surface area contributed by atoms with Gasteiger partial charge in [-0.15, -0.1) is 0 Å². The van der Waals surface area contributed by atoms with Gasteiger partial charge in [0.25, 0.3) is 5.91 Å². The van der Waals surface area contributed by atoms with Crippen LogP contribution in [0.4, 0.5) is 13.2 Å². The number of nitrogens with zero attached hydrogens (tertiary/aromatic N) is 4. The van der Waals surface area contributed by atoms with Crippen LogP contribution in [0.2, 0.25) is 10.0 Å². The van der Waals surface area contributed by atoms with Crippen molar-refractivity contribution < 1.29 is 27.9 Å².